The number of rotatable bonds is 4. The predicted molar refractivity (Wildman–Crippen MR) is 86.6 cm³/mol. The van der Waals surface area contributed by atoms with E-state index >= 15 is 0 Å². The molecular weight excluding hydrogens is 316 g/mol. The van der Waals surface area contributed by atoms with Crippen LogP contribution in [-0.2, 0) is 0 Å². The molecule has 0 aromatic heterocycles. The monoisotopic (exact) mass is 340 g/mol. The summed E-state index contributed by atoms with van der Waals surface area (Å²) in [4.78, 5) is 2.42. The van der Waals surface area contributed by atoms with Gasteiger partial charge in [-0.25, -0.2) is 0 Å². The molecule has 0 bridgehead atoms. The van der Waals surface area contributed by atoms with Gasteiger partial charge in [-0.1, -0.05) is 40.9 Å². The first-order chi connectivity index (χ1) is 9.63. The highest BCUT2D eigenvalue weighted by Gasteiger charge is 2.30. The van der Waals surface area contributed by atoms with Crippen molar-refractivity contribution in [1.82, 2.24) is 4.90 Å². The number of hydrogen-bond acceptors (Lipinski definition) is 3. The topological polar surface area (TPSA) is 49.5 Å². The summed E-state index contributed by atoms with van der Waals surface area (Å²) in [5.74, 6) is 0. The van der Waals surface area contributed by atoms with Crippen molar-refractivity contribution < 1.29 is 5.11 Å². The second-order valence-corrected chi connectivity index (χ2v) is 6.69. The average molecular weight is 341 g/mol. The molecule has 1 aliphatic rings. The van der Waals surface area contributed by atoms with Crippen LogP contribution in [0.4, 0.5) is 0 Å². The van der Waals surface area contributed by atoms with Gasteiger partial charge in [0.2, 0.25) is 0 Å². The van der Waals surface area contributed by atoms with Crippen molar-refractivity contribution in [2.75, 3.05) is 13.2 Å². The molecule has 3 atom stereocenters. The Morgan fingerprint density at radius 2 is 2.00 bits per heavy atom. The maximum absolute atomic E-state index is 9.72. The molecule has 3 nitrogen and oxygen atoms in total. The number of aliphatic hydroxyl groups excluding tert-OH is 1. The zero-order valence-electron chi connectivity index (χ0n) is 12.1. The molecule has 112 valence electrons. The maximum Gasteiger partial charge on any atom is 0.0587 e. The molecule has 0 saturated carbocycles. The van der Waals surface area contributed by atoms with Crippen molar-refractivity contribution in [2.24, 2.45) is 5.73 Å². The van der Waals surface area contributed by atoms with Gasteiger partial charge in [-0.05, 0) is 44.0 Å². The summed E-state index contributed by atoms with van der Waals surface area (Å²) in [5.41, 5.74) is 7.51. The minimum atomic E-state index is 0.0447. The molecule has 4 heteroatoms. The number of nitrogens with two attached hydrogens (primary N) is 1. The van der Waals surface area contributed by atoms with E-state index in [1.54, 1.807) is 0 Å². The van der Waals surface area contributed by atoms with Gasteiger partial charge in [-0.15, -0.1) is 0 Å². The average Bonchev–Trinajstić information content (AvgIpc) is 2.66. The fourth-order valence-electron chi connectivity index (χ4n) is 3.22. The summed E-state index contributed by atoms with van der Waals surface area (Å²) in [6.45, 7) is 3.30. The summed E-state index contributed by atoms with van der Waals surface area (Å²) in [6.07, 6.45) is 4.71. The van der Waals surface area contributed by atoms with Crippen LogP contribution in [-0.4, -0.2) is 35.2 Å². The summed E-state index contributed by atoms with van der Waals surface area (Å²) in [5, 5.41) is 9.72. The Labute approximate surface area is 130 Å². The van der Waals surface area contributed by atoms with Gasteiger partial charge in [0.15, 0.2) is 0 Å². The first-order valence-corrected chi connectivity index (χ1v) is 8.30. The van der Waals surface area contributed by atoms with Gasteiger partial charge in [0.05, 0.1) is 6.61 Å². The molecule has 1 fully saturated rings. The van der Waals surface area contributed by atoms with E-state index in [0.717, 1.165) is 17.4 Å². The van der Waals surface area contributed by atoms with Crippen LogP contribution < -0.4 is 5.73 Å². The molecular formula is C16H25BrN2O. The lowest BCUT2D eigenvalue weighted by Gasteiger charge is -2.38. The van der Waals surface area contributed by atoms with Gasteiger partial charge in [-0.3, -0.25) is 4.90 Å². The Bertz CT molecular complexity index is 407. The van der Waals surface area contributed by atoms with E-state index in [2.05, 4.69) is 52.0 Å². The zero-order valence-corrected chi connectivity index (χ0v) is 13.7. The van der Waals surface area contributed by atoms with Crippen molar-refractivity contribution in [3.8, 4) is 0 Å². The SMILES string of the molecule is CC(N)C(c1ccc(Br)cc1)N1CCCCCC1CO. The highest BCUT2D eigenvalue weighted by molar-refractivity contribution is 9.10. The van der Waals surface area contributed by atoms with Crippen LogP contribution in [0.5, 0.6) is 0 Å². The van der Waals surface area contributed by atoms with Crippen LogP contribution in [0, 0.1) is 0 Å². The van der Waals surface area contributed by atoms with Gasteiger partial charge in [-0.2, -0.15) is 0 Å². The second kappa shape index (κ2) is 7.55. The number of benzene rings is 1. The molecule has 1 saturated heterocycles. The number of aliphatic hydroxyl groups is 1. The standard InChI is InChI=1S/C16H25BrN2O/c1-12(18)16(13-6-8-14(17)9-7-13)19-10-4-2-3-5-15(19)11-20/h6-9,12,15-16,20H,2-5,10-11,18H2,1H3. The second-order valence-electron chi connectivity index (χ2n) is 5.78. The first-order valence-electron chi connectivity index (χ1n) is 7.51. The molecule has 1 aromatic rings. The molecule has 3 N–H and O–H groups in total. The molecule has 0 spiro atoms. The fraction of sp³-hybridized carbons (Fsp3) is 0.625. The number of likely N-dealkylation sites (tertiary alicyclic amines) is 1. The van der Waals surface area contributed by atoms with Gasteiger partial charge < -0.3 is 10.8 Å². The van der Waals surface area contributed by atoms with Crippen molar-refractivity contribution >= 4 is 15.9 Å². The van der Waals surface area contributed by atoms with Crippen molar-refractivity contribution in [2.45, 2.75) is 50.7 Å². The number of nitrogens with zero attached hydrogens (tertiary/aromatic N) is 1. The third-order valence-electron chi connectivity index (χ3n) is 4.20. The zero-order chi connectivity index (χ0) is 14.5. The van der Waals surface area contributed by atoms with Crippen molar-refractivity contribution in [3.63, 3.8) is 0 Å². The highest BCUT2D eigenvalue weighted by atomic mass is 79.9. The summed E-state index contributed by atoms with van der Waals surface area (Å²) in [7, 11) is 0. The quantitative estimate of drug-likeness (QED) is 0.885. The lowest BCUT2D eigenvalue weighted by atomic mass is 9.97. The largest absolute Gasteiger partial charge is 0.395 e. The van der Waals surface area contributed by atoms with Crippen LogP contribution in [0.1, 0.15) is 44.2 Å². The van der Waals surface area contributed by atoms with Crippen LogP contribution in [0.15, 0.2) is 28.7 Å². The lowest BCUT2D eigenvalue weighted by Crippen LogP contribution is -2.46. The fourth-order valence-corrected chi connectivity index (χ4v) is 3.48. The Morgan fingerprint density at radius 3 is 2.60 bits per heavy atom. The maximum atomic E-state index is 9.72. The third-order valence-corrected chi connectivity index (χ3v) is 4.73. The molecule has 20 heavy (non-hydrogen) atoms. The molecule has 0 amide bonds. The molecule has 1 aromatic carbocycles. The minimum absolute atomic E-state index is 0.0447. The molecule has 2 rings (SSSR count). The molecule has 0 radical (unpaired) electrons. The first kappa shape index (κ1) is 16.0. The Kier molecular flexibility index (Phi) is 6.02. The van der Waals surface area contributed by atoms with E-state index < -0.39 is 0 Å². The van der Waals surface area contributed by atoms with E-state index in [0.29, 0.717) is 0 Å². The minimum Gasteiger partial charge on any atom is -0.395 e. The summed E-state index contributed by atoms with van der Waals surface area (Å²) >= 11 is 3.48. The van der Waals surface area contributed by atoms with Crippen LogP contribution in [0.3, 0.4) is 0 Å². The summed E-state index contributed by atoms with van der Waals surface area (Å²) < 4.78 is 1.08. The summed E-state index contributed by atoms with van der Waals surface area (Å²) in [6, 6.07) is 8.86. The van der Waals surface area contributed by atoms with Crippen LogP contribution >= 0.6 is 15.9 Å². The van der Waals surface area contributed by atoms with Crippen molar-refractivity contribution in [3.05, 3.63) is 34.3 Å². The predicted octanol–water partition coefficient (Wildman–Crippen LogP) is 3.07. The third kappa shape index (κ3) is 3.82. The number of hydrogen-bond donors (Lipinski definition) is 2. The Balaban J connectivity index is 2.28. The molecule has 0 aliphatic carbocycles. The van der Waals surface area contributed by atoms with Crippen LogP contribution in [0.25, 0.3) is 0 Å². The van der Waals surface area contributed by atoms with E-state index in [1.807, 2.05) is 0 Å². The van der Waals surface area contributed by atoms with Crippen LogP contribution in [0.2, 0.25) is 0 Å². The van der Waals surface area contributed by atoms with Gasteiger partial charge in [0, 0.05) is 22.6 Å². The number of halogens is 1. The normalized spacial score (nSPS) is 24.1. The van der Waals surface area contributed by atoms with E-state index in [-0.39, 0.29) is 24.7 Å². The highest BCUT2D eigenvalue weighted by Crippen LogP contribution is 2.30. The lowest BCUT2D eigenvalue weighted by molar-refractivity contribution is 0.0747. The molecule has 1 aliphatic heterocycles. The van der Waals surface area contributed by atoms with Gasteiger partial charge >= 0.3 is 0 Å². The Hall–Kier alpha value is -0.420. The van der Waals surface area contributed by atoms with Crippen molar-refractivity contribution in [1.29, 1.82) is 0 Å². The smallest absolute Gasteiger partial charge is 0.0587 e. The Morgan fingerprint density at radius 1 is 1.30 bits per heavy atom. The van der Waals surface area contributed by atoms with Gasteiger partial charge in [0.25, 0.3) is 0 Å². The van der Waals surface area contributed by atoms with E-state index in [9.17, 15) is 5.11 Å². The molecule has 3 unspecified atom stereocenters. The van der Waals surface area contributed by atoms with E-state index in [4.69, 9.17) is 5.73 Å². The van der Waals surface area contributed by atoms with E-state index in [1.165, 1.54) is 24.8 Å². The van der Waals surface area contributed by atoms with Gasteiger partial charge in [0.1, 0.15) is 0 Å². The molecule has 1 heterocycles.